The second-order valence-electron chi connectivity index (χ2n) is 7.05. The van der Waals surface area contributed by atoms with E-state index in [1.165, 1.54) is 33.9 Å². The Morgan fingerprint density at radius 1 is 1.10 bits per heavy atom. The van der Waals surface area contributed by atoms with Crippen LogP contribution in [0.5, 0.6) is 0 Å². The van der Waals surface area contributed by atoms with E-state index < -0.39 is 6.04 Å². The Labute approximate surface area is 172 Å². The summed E-state index contributed by atoms with van der Waals surface area (Å²) in [7, 11) is 3.37. The van der Waals surface area contributed by atoms with Gasteiger partial charge in [-0.3, -0.25) is 18.8 Å². The minimum absolute atomic E-state index is 0.169. The molecule has 7 nitrogen and oxygen atoms in total. The van der Waals surface area contributed by atoms with E-state index in [4.69, 9.17) is 0 Å². The number of aryl methyl sites for hydroxylation is 1. The van der Waals surface area contributed by atoms with Crippen molar-refractivity contribution in [1.29, 1.82) is 0 Å². The van der Waals surface area contributed by atoms with Crippen LogP contribution >= 0.6 is 0 Å². The first kappa shape index (κ1) is 19.5. The predicted molar refractivity (Wildman–Crippen MR) is 110 cm³/mol. The SMILES string of the molecule is CN(C(=O)Cn1cnc2c(cnn2C)c1=O)C(c1ccccc1)c1ccc(F)cc1. The largest absolute Gasteiger partial charge is 0.333 e. The summed E-state index contributed by atoms with van der Waals surface area (Å²) in [5.41, 5.74) is 1.79. The number of carbonyl (C=O) groups is 1. The molecule has 8 heteroatoms. The third-order valence-corrected chi connectivity index (χ3v) is 5.11. The van der Waals surface area contributed by atoms with Crippen molar-refractivity contribution in [3.63, 3.8) is 0 Å². The number of fused-ring (bicyclic) bond motifs is 1. The Bertz CT molecular complexity index is 1250. The van der Waals surface area contributed by atoms with Crippen LogP contribution in [0.15, 0.2) is 71.9 Å². The molecule has 152 valence electrons. The van der Waals surface area contributed by atoms with Crippen LogP contribution in [0, 0.1) is 5.82 Å². The van der Waals surface area contributed by atoms with Gasteiger partial charge in [0, 0.05) is 14.1 Å². The molecule has 4 rings (SSSR count). The zero-order chi connectivity index (χ0) is 21.3. The predicted octanol–water partition coefficient (Wildman–Crippen LogP) is 2.52. The zero-order valence-corrected chi connectivity index (χ0v) is 16.6. The van der Waals surface area contributed by atoms with Crippen LogP contribution in [-0.4, -0.2) is 37.2 Å². The maximum atomic E-state index is 13.4. The van der Waals surface area contributed by atoms with Crippen molar-refractivity contribution in [2.75, 3.05) is 7.05 Å². The molecule has 1 atom stereocenters. The number of likely N-dealkylation sites (N-methyl/N-ethyl adjacent to an activating group) is 1. The standard InChI is InChI=1S/C22H20FN5O2/c1-26(19(29)13-28-14-24-21-18(22(28)30)12-25-27(21)2)20(15-6-4-3-5-7-15)16-8-10-17(23)11-9-16/h3-12,14,20H,13H2,1-2H3. The maximum absolute atomic E-state index is 13.4. The van der Waals surface area contributed by atoms with Gasteiger partial charge in [0.25, 0.3) is 5.56 Å². The number of amides is 1. The van der Waals surface area contributed by atoms with Crippen molar-refractivity contribution in [2.24, 2.45) is 7.05 Å². The molecule has 2 aromatic heterocycles. The van der Waals surface area contributed by atoms with Crippen LogP contribution < -0.4 is 5.56 Å². The molecule has 0 fully saturated rings. The lowest BCUT2D eigenvalue weighted by Gasteiger charge is -2.29. The number of hydrogen-bond acceptors (Lipinski definition) is 4. The number of rotatable bonds is 5. The van der Waals surface area contributed by atoms with Gasteiger partial charge < -0.3 is 4.90 Å². The number of hydrogen-bond donors (Lipinski definition) is 0. The number of carbonyl (C=O) groups excluding carboxylic acids is 1. The average molecular weight is 405 g/mol. The van der Waals surface area contributed by atoms with Gasteiger partial charge in [0.2, 0.25) is 5.91 Å². The van der Waals surface area contributed by atoms with Gasteiger partial charge >= 0.3 is 0 Å². The van der Waals surface area contributed by atoms with Crippen molar-refractivity contribution < 1.29 is 9.18 Å². The molecular formula is C22H20FN5O2. The van der Waals surface area contributed by atoms with E-state index in [2.05, 4.69) is 10.1 Å². The maximum Gasteiger partial charge on any atom is 0.264 e. The molecule has 0 saturated carbocycles. The first-order valence-electron chi connectivity index (χ1n) is 9.39. The lowest BCUT2D eigenvalue weighted by Crippen LogP contribution is -2.37. The summed E-state index contributed by atoms with van der Waals surface area (Å²) in [6, 6.07) is 15.1. The normalized spacial score (nSPS) is 12.1. The smallest absolute Gasteiger partial charge is 0.264 e. The van der Waals surface area contributed by atoms with E-state index in [-0.39, 0.29) is 23.8 Å². The van der Waals surface area contributed by atoms with E-state index in [0.29, 0.717) is 11.0 Å². The van der Waals surface area contributed by atoms with Crippen LogP contribution in [0.4, 0.5) is 4.39 Å². The fourth-order valence-electron chi connectivity index (χ4n) is 3.50. The first-order chi connectivity index (χ1) is 14.5. The topological polar surface area (TPSA) is 73.0 Å². The Hall–Kier alpha value is -3.81. The molecule has 30 heavy (non-hydrogen) atoms. The molecule has 0 aliphatic rings. The minimum atomic E-state index is -0.426. The summed E-state index contributed by atoms with van der Waals surface area (Å²) >= 11 is 0. The number of aromatic nitrogens is 4. The molecule has 0 N–H and O–H groups in total. The van der Waals surface area contributed by atoms with E-state index in [0.717, 1.165) is 11.1 Å². The minimum Gasteiger partial charge on any atom is -0.333 e. The van der Waals surface area contributed by atoms with Crippen molar-refractivity contribution in [3.05, 3.63) is 94.4 Å². The van der Waals surface area contributed by atoms with Crippen molar-refractivity contribution in [3.8, 4) is 0 Å². The third-order valence-electron chi connectivity index (χ3n) is 5.11. The van der Waals surface area contributed by atoms with Gasteiger partial charge in [0.15, 0.2) is 5.65 Å². The van der Waals surface area contributed by atoms with Gasteiger partial charge in [-0.15, -0.1) is 0 Å². The van der Waals surface area contributed by atoms with Gasteiger partial charge in [0.1, 0.15) is 24.1 Å². The summed E-state index contributed by atoms with van der Waals surface area (Å²) in [5.74, 6) is -0.623. The number of benzene rings is 2. The Kier molecular flexibility index (Phi) is 5.14. The fraction of sp³-hybridized carbons (Fsp3) is 0.182. The van der Waals surface area contributed by atoms with Crippen LogP contribution in [0.3, 0.4) is 0 Å². The van der Waals surface area contributed by atoms with Crippen LogP contribution in [-0.2, 0) is 18.4 Å². The Morgan fingerprint density at radius 2 is 1.77 bits per heavy atom. The lowest BCUT2D eigenvalue weighted by molar-refractivity contribution is -0.132. The van der Waals surface area contributed by atoms with Crippen molar-refractivity contribution >= 4 is 16.9 Å². The molecule has 0 aliphatic heterocycles. The van der Waals surface area contributed by atoms with Gasteiger partial charge in [-0.2, -0.15) is 5.10 Å². The summed E-state index contributed by atoms with van der Waals surface area (Å²) < 4.78 is 16.2. The second-order valence-corrected chi connectivity index (χ2v) is 7.05. The molecule has 0 radical (unpaired) electrons. The molecule has 0 spiro atoms. The van der Waals surface area contributed by atoms with E-state index in [9.17, 15) is 14.0 Å². The second kappa shape index (κ2) is 7.90. The van der Waals surface area contributed by atoms with Gasteiger partial charge in [0.05, 0.1) is 12.2 Å². The molecule has 1 unspecified atom stereocenters. The molecule has 1 amide bonds. The summed E-state index contributed by atoms with van der Waals surface area (Å²) in [6.45, 7) is -0.169. The highest BCUT2D eigenvalue weighted by Crippen LogP contribution is 2.28. The Morgan fingerprint density at radius 3 is 2.47 bits per heavy atom. The van der Waals surface area contributed by atoms with Crippen LogP contribution in [0.1, 0.15) is 17.2 Å². The third kappa shape index (κ3) is 3.59. The van der Waals surface area contributed by atoms with E-state index in [1.54, 1.807) is 31.1 Å². The van der Waals surface area contributed by atoms with E-state index in [1.807, 2.05) is 30.3 Å². The molecule has 0 aliphatic carbocycles. The molecular weight excluding hydrogens is 385 g/mol. The molecule has 2 aromatic carbocycles. The number of halogens is 1. The summed E-state index contributed by atoms with van der Waals surface area (Å²) in [4.78, 5) is 31.6. The fourth-order valence-corrected chi connectivity index (χ4v) is 3.50. The van der Waals surface area contributed by atoms with Gasteiger partial charge in [-0.25, -0.2) is 9.37 Å². The van der Waals surface area contributed by atoms with E-state index >= 15 is 0 Å². The highest BCUT2D eigenvalue weighted by Gasteiger charge is 2.24. The molecule has 0 bridgehead atoms. The monoisotopic (exact) mass is 405 g/mol. The number of nitrogens with zero attached hydrogens (tertiary/aromatic N) is 5. The van der Waals surface area contributed by atoms with Gasteiger partial charge in [-0.05, 0) is 23.3 Å². The highest BCUT2D eigenvalue weighted by molar-refractivity contribution is 5.78. The zero-order valence-electron chi connectivity index (χ0n) is 16.6. The summed E-state index contributed by atoms with van der Waals surface area (Å²) in [5, 5.41) is 4.40. The average Bonchev–Trinajstić information content (AvgIpc) is 3.14. The van der Waals surface area contributed by atoms with Gasteiger partial charge in [-0.1, -0.05) is 42.5 Å². The van der Waals surface area contributed by atoms with Crippen LogP contribution in [0.2, 0.25) is 0 Å². The van der Waals surface area contributed by atoms with Crippen molar-refractivity contribution in [2.45, 2.75) is 12.6 Å². The highest BCUT2D eigenvalue weighted by atomic mass is 19.1. The lowest BCUT2D eigenvalue weighted by atomic mass is 9.97. The first-order valence-corrected chi connectivity index (χ1v) is 9.39. The summed E-state index contributed by atoms with van der Waals surface area (Å²) in [6.07, 6.45) is 2.80. The Balaban J connectivity index is 1.67. The molecule has 2 heterocycles. The van der Waals surface area contributed by atoms with Crippen LogP contribution in [0.25, 0.3) is 11.0 Å². The molecule has 0 saturated heterocycles. The molecule has 4 aromatic rings. The van der Waals surface area contributed by atoms with Crippen molar-refractivity contribution in [1.82, 2.24) is 24.2 Å². The quantitative estimate of drug-likeness (QED) is 0.512.